The quantitative estimate of drug-likeness (QED) is 0.290. The maximum Gasteiger partial charge on any atom is 0.273 e. The van der Waals surface area contributed by atoms with E-state index in [1.807, 2.05) is 6.92 Å². The lowest BCUT2D eigenvalue weighted by Crippen LogP contribution is -2.21. The van der Waals surface area contributed by atoms with Crippen molar-refractivity contribution in [2.45, 2.75) is 37.5 Å². The van der Waals surface area contributed by atoms with E-state index in [9.17, 15) is 13.4 Å². The molecule has 1 aliphatic carbocycles. The van der Waals surface area contributed by atoms with Gasteiger partial charge >= 0.3 is 0 Å². The Morgan fingerprint density at radius 3 is 2.45 bits per heavy atom. The van der Waals surface area contributed by atoms with E-state index in [2.05, 4.69) is 4.99 Å². The summed E-state index contributed by atoms with van der Waals surface area (Å²) in [7, 11) is -1.64. The van der Waals surface area contributed by atoms with Crippen molar-refractivity contribution in [2.24, 2.45) is 10.9 Å². The van der Waals surface area contributed by atoms with Crippen molar-refractivity contribution in [1.82, 2.24) is 4.57 Å². The maximum atomic E-state index is 15.6. The lowest BCUT2D eigenvalue weighted by Gasteiger charge is -2.12. The Bertz CT molecular complexity index is 1580. The highest BCUT2D eigenvalue weighted by Gasteiger charge is 2.50. The number of benzene rings is 2. The fourth-order valence-corrected chi connectivity index (χ4v) is 5.72. The molecule has 1 fully saturated rings. The normalized spacial score (nSPS) is 20.7. The van der Waals surface area contributed by atoms with Crippen LogP contribution in [0.25, 0.3) is 6.20 Å². The third-order valence-corrected chi connectivity index (χ3v) is 8.07. The molecule has 0 spiro atoms. The maximum absolute atomic E-state index is 15.6. The van der Waals surface area contributed by atoms with Crippen LogP contribution in [0, 0.1) is 24.5 Å². The number of hydrogen-bond donors (Lipinski definition) is 0. The Labute approximate surface area is 226 Å². The Kier molecular flexibility index (Phi) is 8.23. The van der Waals surface area contributed by atoms with Crippen molar-refractivity contribution in [1.29, 1.82) is 0 Å². The van der Waals surface area contributed by atoms with E-state index < -0.39 is 28.0 Å². The second kappa shape index (κ2) is 11.3. The molecule has 0 aliphatic heterocycles. The van der Waals surface area contributed by atoms with Gasteiger partial charge in [-0.2, -0.15) is 0 Å². The number of aliphatic imine (C=N–C) groups is 1. The van der Waals surface area contributed by atoms with Gasteiger partial charge in [0.25, 0.3) is 5.56 Å². The van der Waals surface area contributed by atoms with Crippen molar-refractivity contribution >= 4 is 34.3 Å². The molecule has 0 bridgehead atoms. The fraction of sp³-hybridized carbons (Fsp3) is 0.241. The summed E-state index contributed by atoms with van der Waals surface area (Å²) < 4.78 is 58.1. The summed E-state index contributed by atoms with van der Waals surface area (Å²) in [5.74, 6) is -2.39. The fourth-order valence-electron chi connectivity index (χ4n) is 4.81. The number of nitrogens with zero attached hydrogens (tertiary/aromatic N) is 2. The van der Waals surface area contributed by atoms with Crippen LogP contribution in [-0.2, 0) is 10.8 Å². The summed E-state index contributed by atoms with van der Waals surface area (Å²) in [6.07, 6.45) is 5.07. The van der Waals surface area contributed by atoms with Crippen LogP contribution in [0.3, 0.4) is 0 Å². The van der Waals surface area contributed by atoms with Gasteiger partial charge in [-0.05, 0) is 67.0 Å². The molecule has 4 atom stereocenters. The van der Waals surface area contributed by atoms with Crippen LogP contribution in [0.1, 0.15) is 48.1 Å². The molecule has 4 nitrogen and oxygen atoms in total. The highest BCUT2D eigenvalue weighted by atomic mass is 35.5. The highest BCUT2D eigenvalue weighted by Crippen LogP contribution is 2.61. The standard InChI is InChI=1S/C29H26ClF3N2O2S/c1-5-13-34-28(19-10-8-12-23(27(19)33)38(4)37)22(32)15-35-16(2)14-20(26(30)29(35)36)25-17(3)24(25)18-9-6-7-11-21(18)31/h5-15,17,24-25H,1-4H3/b13-5+,22-15-,34-28+/t17-,24?,25?,38?/m1/s1. The topological polar surface area (TPSA) is 51.4 Å². The van der Waals surface area contributed by atoms with Crippen molar-refractivity contribution in [3.63, 3.8) is 0 Å². The van der Waals surface area contributed by atoms with Crippen LogP contribution in [0.2, 0.25) is 5.02 Å². The largest absolute Gasteiger partial charge is 0.284 e. The highest BCUT2D eigenvalue weighted by molar-refractivity contribution is 7.84. The van der Waals surface area contributed by atoms with E-state index in [1.165, 1.54) is 36.7 Å². The Balaban J connectivity index is 1.77. The molecule has 0 N–H and O–H groups in total. The average molecular weight is 559 g/mol. The predicted octanol–water partition coefficient (Wildman–Crippen LogP) is 7.13. The van der Waals surface area contributed by atoms with Crippen molar-refractivity contribution in [2.75, 3.05) is 6.26 Å². The summed E-state index contributed by atoms with van der Waals surface area (Å²) in [5.41, 5.74) is 0.317. The molecule has 4 rings (SSSR count). The van der Waals surface area contributed by atoms with Gasteiger partial charge in [0, 0.05) is 23.7 Å². The minimum atomic E-state index is -1.64. The van der Waals surface area contributed by atoms with E-state index in [1.54, 1.807) is 44.2 Å². The first-order valence-electron chi connectivity index (χ1n) is 11.9. The van der Waals surface area contributed by atoms with Gasteiger partial charge in [0.1, 0.15) is 22.4 Å². The molecule has 1 saturated carbocycles. The van der Waals surface area contributed by atoms with Crippen molar-refractivity contribution in [3.8, 4) is 0 Å². The van der Waals surface area contributed by atoms with Crippen LogP contribution in [0.4, 0.5) is 13.2 Å². The third-order valence-electron chi connectivity index (χ3n) is 6.76. The summed E-state index contributed by atoms with van der Waals surface area (Å²) in [6, 6.07) is 12.3. The van der Waals surface area contributed by atoms with Crippen LogP contribution < -0.4 is 5.56 Å². The lowest BCUT2D eigenvalue weighted by atomic mass is 10.0. The van der Waals surface area contributed by atoms with Crippen LogP contribution >= 0.6 is 11.6 Å². The Hall–Kier alpha value is -3.23. The summed E-state index contributed by atoms with van der Waals surface area (Å²) >= 11 is 6.49. The van der Waals surface area contributed by atoms with Gasteiger partial charge in [-0.1, -0.05) is 48.9 Å². The molecule has 38 heavy (non-hydrogen) atoms. The molecule has 2 aromatic carbocycles. The number of rotatable bonds is 7. The molecule has 1 heterocycles. The number of halogens is 4. The number of aromatic nitrogens is 1. The van der Waals surface area contributed by atoms with Gasteiger partial charge in [0.15, 0.2) is 5.83 Å². The number of allylic oxidation sites excluding steroid dienone is 2. The zero-order chi connectivity index (χ0) is 27.7. The number of aryl methyl sites for hydroxylation is 1. The van der Waals surface area contributed by atoms with Gasteiger partial charge in [0.2, 0.25) is 0 Å². The number of pyridine rings is 1. The first kappa shape index (κ1) is 27.8. The van der Waals surface area contributed by atoms with Crippen LogP contribution in [0.5, 0.6) is 0 Å². The minimum Gasteiger partial charge on any atom is -0.284 e. The molecule has 1 aromatic heterocycles. The third kappa shape index (κ3) is 5.20. The summed E-state index contributed by atoms with van der Waals surface area (Å²) in [4.78, 5) is 17.2. The lowest BCUT2D eigenvalue weighted by molar-refractivity contribution is 0.591. The molecular formula is C29H26ClF3N2O2S. The first-order valence-corrected chi connectivity index (χ1v) is 13.9. The van der Waals surface area contributed by atoms with E-state index in [0.29, 0.717) is 16.8 Å². The SMILES string of the molecule is C/C=C/N=C(/C(F)=C/n1c(C)cc(C2C(c3ccccc3F)[C@H]2C)c(Cl)c1=O)c1cccc(S(C)=O)c1F. The molecule has 0 saturated heterocycles. The zero-order valence-electron chi connectivity index (χ0n) is 21.2. The van der Waals surface area contributed by atoms with Gasteiger partial charge in [0.05, 0.1) is 21.9 Å². The molecule has 9 heteroatoms. The predicted molar refractivity (Wildman–Crippen MR) is 147 cm³/mol. The molecule has 3 aromatic rings. The second-order valence-electron chi connectivity index (χ2n) is 9.17. The number of hydrogen-bond acceptors (Lipinski definition) is 3. The van der Waals surface area contributed by atoms with Crippen LogP contribution in [-0.4, -0.2) is 20.7 Å². The van der Waals surface area contributed by atoms with E-state index in [0.717, 1.165) is 10.8 Å². The molecule has 0 amide bonds. The molecule has 3 unspecified atom stereocenters. The first-order chi connectivity index (χ1) is 18.1. The van der Waals surface area contributed by atoms with Gasteiger partial charge < -0.3 is 0 Å². The van der Waals surface area contributed by atoms with Crippen molar-refractivity contribution < 1.29 is 17.4 Å². The smallest absolute Gasteiger partial charge is 0.273 e. The molecule has 198 valence electrons. The zero-order valence-corrected chi connectivity index (χ0v) is 22.8. The average Bonchev–Trinajstić information content (AvgIpc) is 3.54. The van der Waals surface area contributed by atoms with E-state index >= 15 is 8.78 Å². The molecular weight excluding hydrogens is 533 g/mol. The van der Waals surface area contributed by atoms with Gasteiger partial charge in [-0.25, -0.2) is 13.2 Å². The second-order valence-corrected chi connectivity index (χ2v) is 10.9. The Morgan fingerprint density at radius 1 is 1.11 bits per heavy atom. The van der Waals surface area contributed by atoms with E-state index in [4.69, 9.17) is 11.6 Å². The monoisotopic (exact) mass is 558 g/mol. The summed E-state index contributed by atoms with van der Waals surface area (Å²) in [5, 5.41) is -0.0863. The van der Waals surface area contributed by atoms with Crippen molar-refractivity contribution in [3.05, 3.63) is 116 Å². The Morgan fingerprint density at radius 2 is 1.79 bits per heavy atom. The minimum absolute atomic E-state index is 0.0604. The molecule has 1 aliphatic rings. The van der Waals surface area contributed by atoms with Gasteiger partial charge in [-0.15, -0.1) is 0 Å². The van der Waals surface area contributed by atoms with E-state index in [-0.39, 0.29) is 44.8 Å². The molecule has 0 radical (unpaired) electrons. The van der Waals surface area contributed by atoms with Gasteiger partial charge in [-0.3, -0.25) is 18.6 Å². The summed E-state index contributed by atoms with van der Waals surface area (Å²) in [6.45, 7) is 5.26. The van der Waals surface area contributed by atoms with Crippen LogP contribution in [0.15, 0.2) is 81.3 Å².